The highest BCUT2D eigenvalue weighted by Gasteiger charge is 2.35. The van der Waals surface area contributed by atoms with E-state index in [4.69, 9.17) is 4.74 Å². The number of nitrogens with one attached hydrogen (secondary N) is 1. The monoisotopic (exact) mass is 492 g/mol. The minimum atomic E-state index is -0.522. The summed E-state index contributed by atoms with van der Waals surface area (Å²) in [7, 11) is 1.59. The lowest BCUT2D eigenvalue weighted by Crippen LogP contribution is -2.42. The first-order valence-electron chi connectivity index (χ1n) is 11.4. The number of carbonyl (C=O) groups excluding carboxylic acids is 2. The van der Waals surface area contributed by atoms with Crippen LogP contribution in [0, 0.1) is 12.7 Å². The van der Waals surface area contributed by atoms with Crippen LogP contribution in [-0.4, -0.2) is 46.2 Å². The number of hydrogen-bond acceptors (Lipinski definition) is 5. The molecule has 1 saturated heterocycles. The van der Waals surface area contributed by atoms with Gasteiger partial charge in [0.1, 0.15) is 22.4 Å². The average molecular weight is 493 g/mol. The fraction of sp³-hybridized carbons (Fsp3) is 0.269. The molecule has 1 fully saturated rings. The van der Waals surface area contributed by atoms with E-state index in [9.17, 15) is 14.0 Å². The maximum Gasteiger partial charge on any atom is 0.264 e. The maximum atomic E-state index is 13.5. The fourth-order valence-electron chi connectivity index (χ4n) is 4.41. The van der Waals surface area contributed by atoms with Crippen LogP contribution >= 0.6 is 11.3 Å². The molecule has 9 heteroatoms. The van der Waals surface area contributed by atoms with Gasteiger partial charge in [-0.05, 0) is 67.8 Å². The van der Waals surface area contributed by atoms with Gasteiger partial charge in [0.15, 0.2) is 0 Å². The standard InChI is InChI=1S/C26H25FN4O3S/c1-16-21-14-23(35-26(21)31(29-16)15-17-5-7-18(27)8-6-17)25(33)30-13-3-4-22(30)24(32)28-19-9-11-20(34-2)12-10-19/h5-12,14,22H,3-4,13,15H2,1-2H3,(H,28,32). The van der Waals surface area contributed by atoms with Crippen LogP contribution in [0.15, 0.2) is 54.6 Å². The number of aromatic nitrogens is 2. The lowest BCUT2D eigenvalue weighted by Gasteiger charge is -2.23. The molecule has 0 saturated carbocycles. The summed E-state index contributed by atoms with van der Waals surface area (Å²) < 4.78 is 20.3. The summed E-state index contributed by atoms with van der Waals surface area (Å²) in [6.45, 7) is 2.93. The summed E-state index contributed by atoms with van der Waals surface area (Å²) in [5.41, 5.74) is 2.41. The number of rotatable bonds is 6. The highest BCUT2D eigenvalue weighted by Crippen LogP contribution is 2.32. The van der Waals surface area contributed by atoms with Crippen molar-refractivity contribution in [2.75, 3.05) is 19.0 Å². The van der Waals surface area contributed by atoms with Gasteiger partial charge in [-0.2, -0.15) is 5.10 Å². The summed E-state index contributed by atoms with van der Waals surface area (Å²) in [5, 5.41) is 8.44. The topological polar surface area (TPSA) is 76.5 Å². The summed E-state index contributed by atoms with van der Waals surface area (Å²) in [5.74, 6) is 0.0848. The number of fused-ring (bicyclic) bond motifs is 1. The molecule has 1 atom stereocenters. The van der Waals surface area contributed by atoms with E-state index in [-0.39, 0.29) is 17.6 Å². The molecule has 5 rings (SSSR count). The Hall–Kier alpha value is -3.72. The van der Waals surface area contributed by atoms with Crippen molar-refractivity contribution in [1.82, 2.24) is 14.7 Å². The highest BCUT2D eigenvalue weighted by molar-refractivity contribution is 7.20. The van der Waals surface area contributed by atoms with Gasteiger partial charge in [-0.1, -0.05) is 12.1 Å². The predicted octanol–water partition coefficient (Wildman–Crippen LogP) is 4.85. The van der Waals surface area contributed by atoms with Gasteiger partial charge in [0.2, 0.25) is 5.91 Å². The molecule has 2 aromatic carbocycles. The van der Waals surface area contributed by atoms with E-state index in [1.807, 2.05) is 17.7 Å². The SMILES string of the molecule is COc1ccc(NC(=O)C2CCCN2C(=O)c2cc3c(C)nn(Cc4ccc(F)cc4)c3s2)cc1. The summed E-state index contributed by atoms with van der Waals surface area (Å²) in [6, 6.07) is 14.8. The Morgan fingerprint density at radius 3 is 2.63 bits per heavy atom. The Morgan fingerprint density at radius 2 is 1.91 bits per heavy atom. The summed E-state index contributed by atoms with van der Waals surface area (Å²) in [6.07, 6.45) is 1.39. The Morgan fingerprint density at radius 1 is 1.17 bits per heavy atom. The van der Waals surface area contributed by atoms with Gasteiger partial charge in [0, 0.05) is 17.6 Å². The van der Waals surface area contributed by atoms with Crippen LogP contribution in [0.5, 0.6) is 5.75 Å². The number of carbonyl (C=O) groups is 2. The van der Waals surface area contributed by atoms with Crippen molar-refractivity contribution in [2.24, 2.45) is 0 Å². The van der Waals surface area contributed by atoms with Crippen molar-refractivity contribution in [2.45, 2.75) is 32.4 Å². The smallest absolute Gasteiger partial charge is 0.264 e. The molecule has 0 radical (unpaired) electrons. The molecule has 1 aliphatic heterocycles. The number of hydrogen-bond donors (Lipinski definition) is 1. The lowest BCUT2D eigenvalue weighted by molar-refractivity contribution is -0.119. The second-order valence-electron chi connectivity index (χ2n) is 8.57. The third kappa shape index (κ3) is 4.64. The molecule has 180 valence electrons. The van der Waals surface area contributed by atoms with Crippen molar-refractivity contribution in [3.8, 4) is 5.75 Å². The molecule has 35 heavy (non-hydrogen) atoms. The molecule has 1 unspecified atom stereocenters. The summed E-state index contributed by atoms with van der Waals surface area (Å²) >= 11 is 1.37. The van der Waals surface area contributed by atoms with Crippen molar-refractivity contribution in [3.63, 3.8) is 0 Å². The van der Waals surface area contributed by atoms with E-state index in [0.717, 1.165) is 27.9 Å². The lowest BCUT2D eigenvalue weighted by atomic mass is 10.2. The molecule has 1 aliphatic rings. The zero-order chi connectivity index (χ0) is 24.5. The molecule has 2 aromatic heterocycles. The van der Waals surface area contributed by atoms with Gasteiger partial charge in [0.05, 0.1) is 24.2 Å². The number of ether oxygens (including phenoxy) is 1. The number of likely N-dealkylation sites (tertiary alicyclic amines) is 1. The van der Waals surface area contributed by atoms with Crippen LogP contribution in [0.1, 0.15) is 33.8 Å². The third-order valence-electron chi connectivity index (χ3n) is 6.24. The number of anilines is 1. The van der Waals surface area contributed by atoms with Crippen molar-refractivity contribution < 1.29 is 18.7 Å². The van der Waals surface area contributed by atoms with Gasteiger partial charge in [-0.25, -0.2) is 4.39 Å². The van der Waals surface area contributed by atoms with Crippen molar-refractivity contribution in [1.29, 1.82) is 0 Å². The van der Waals surface area contributed by atoms with Crippen molar-refractivity contribution in [3.05, 3.63) is 76.5 Å². The molecule has 1 N–H and O–H groups in total. The molecule has 0 spiro atoms. The second-order valence-corrected chi connectivity index (χ2v) is 9.60. The molecule has 7 nitrogen and oxygen atoms in total. The number of benzene rings is 2. The molecule has 3 heterocycles. The van der Waals surface area contributed by atoms with Crippen LogP contribution in [0.2, 0.25) is 0 Å². The van der Waals surface area contributed by atoms with Gasteiger partial charge >= 0.3 is 0 Å². The van der Waals surface area contributed by atoms with E-state index in [1.54, 1.807) is 48.4 Å². The number of aryl methyl sites for hydroxylation is 1. The van der Waals surface area contributed by atoms with E-state index in [0.29, 0.717) is 35.8 Å². The average Bonchev–Trinajstić information content (AvgIpc) is 3.58. The normalized spacial score (nSPS) is 15.5. The number of halogens is 1. The predicted molar refractivity (Wildman–Crippen MR) is 134 cm³/mol. The zero-order valence-electron chi connectivity index (χ0n) is 19.5. The molecular formula is C26H25FN4O3S. The fourth-order valence-corrected chi connectivity index (χ4v) is 5.53. The van der Waals surface area contributed by atoms with Crippen LogP contribution in [-0.2, 0) is 11.3 Å². The Labute approximate surface area is 206 Å². The van der Waals surface area contributed by atoms with Gasteiger partial charge in [0.25, 0.3) is 5.91 Å². The number of methoxy groups -OCH3 is 1. The van der Waals surface area contributed by atoms with Crippen LogP contribution in [0.3, 0.4) is 0 Å². The van der Waals surface area contributed by atoms with Gasteiger partial charge < -0.3 is 15.0 Å². The van der Waals surface area contributed by atoms with E-state index >= 15 is 0 Å². The van der Waals surface area contributed by atoms with E-state index in [2.05, 4.69) is 10.4 Å². The Balaban J connectivity index is 1.34. The van der Waals surface area contributed by atoms with Gasteiger partial charge in [-0.3, -0.25) is 14.3 Å². The Kier molecular flexibility index (Phi) is 6.25. The van der Waals surface area contributed by atoms with E-state index < -0.39 is 6.04 Å². The quantitative estimate of drug-likeness (QED) is 0.418. The Bertz CT molecular complexity index is 1380. The van der Waals surface area contributed by atoms with Crippen molar-refractivity contribution >= 4 is 39.1 Å². The van der Waals surface area contributed by atoms with Gasteiger partial charge in [-0.15, -0.1) is 11.3 Å². The van der Waals surface area contributed by atoms with Crippen LogP contribution in [0.4, 0.5) is 10.1 Å². The van der Waals surface area contributed by atoms with Crippen LogP contribution < -0.4 is 10.1 Å². The highest BCUT2D eigenvalue weighted by atomic mass is 32.1. The van der Waals surface area contributed by atoms with Crippen LogP contribution in [0.25, 0.3) is 10.2 Å². The largest absolute Gasteiger partial charge is 0.497 e. The number of thiophene rings is 1. The molecule has 0 bridgehead atoms. The zero-order valence-corrected chi connectivity index (χ0v) is 20.3. The second kappa shape index (κ2) is 9.50. The molecule has 2 amide bonds. The number of amides is 2. The minimum absolute atomic E-state index is 0.147. The first kappa shape index (κ1) is 23.0. The first-order chi connectivity index (χ1) is 16.9. The van der Waals surface area contributed by atoms with E-state index in [1.165, 1.54) is 23.5 Å². The molecule has 4 aromatic rings. The molecule has 0 aliphatic carbocycles. The minimum Gasteiger partial charge on any atom is -0.497 e. The summed E-state index contributed by atoms with van der Waals surface area (Å²) in [4.78, 5) is 29.6. The maximum absolute atomic E-state index is 13.5. The third-order valence-corrected chi connectivity index (χ3v) is 7.37. The number of nitrogens with zero attached hydrogens (tertiary/aromatic N) is 3. The molecular weight excluding hydrogens is 467 g/mol. The first-order valence-corrected chi connectivity index (χ1v) is 12.2.